The number of anilines is 2. The van der Waals surface area contributed by atoms with Gasteiger partial charge in [0.1, 0.15) is 11.4 Å². The Hall–Kier alpha value is -3.01. The minimum atomic E-state index is -0.545. The van der Waals surface area contributed by atoms with Crippen LogP contribution < -0.4 is 16.4 Å². The first-order valence-electron chi connectivity index (χ1n) is 9.81. The molecule has 1 amide bonds. The summed E-state index contributed by atoms with van der Waals surface area (Å²) in [5.41, 5.74) is 7.97. The van der Waals surface area contributed by atoms with Gasteiger partial charge in [0.2, 0.25) is 0 Å². The van der Waals surface area contributed by atoms with E-state index in [2.05, 4.69) is 25.8 Å². The fourth-order valence-electron chi connectivity index (χ4n) is 3.74. The molecule has 0 aromatic carbocycles. The number of alkyl halides is 1. The Labute approximate surface area is 167 Å². The van der Waals surface area contributed by atoms with Gasteiger partial charge in [-0.3, -0.25) is 13.9 Å². The van der Waals surface area contributed by atoms with E-state index in [0.717, 1.165) is 25.7 Å². The number of hydrogen-bond acceptors (Lipinski definition) is 6. The third-order valence-corrected chi connectivity index (χ3v) is 5.25. The fourth-order valence-corrected chi connectivity index (χ4v) is 3.74. The summed E-state index contributed by atoms with van der Waals surface area (Å²) in [5.74, 6) is 0.293. The van der Waals surface area contributed by atoms with Gasteiger partial charge in [0.05, 0.1) is 24.3 Å². The van der Waals surface area contributed by atoms with Crippen LogP contribution in [-0.4, -0.2) is 49.0 Å². The van der Waals surface area contributed by atoms with Crippen molar-refractivity contribution in [3.8, 4) is 0 Å². The molecule has 1 fully saturated rings. The van der Waals surface area contributed by atoms with Crippen molar-refractivity contribution in [1.82, 2.24) is 24.4 Å². The second-order valence-electron chi connectivity index (χ2n) is 7.39. The quantitative estimate of drug-likeness (QED) is 0.582. The summed E-state index contributed by atoms with van der Waals surface area (Å²) in [6.07, 6.45) is 9.30. The molecule has 4 rings (SSSR count). The number of halogens is 1. The van der Waals surface area contributed by atoms with Crippen LogP contribution >= 0.6 is 0 Å². The van der Waals surface area contributed by atoms with Crippen LogP contribution in [0.15, 0.2) is 24.7 Å². The summed E-state index contributed by atoms with van der Waals surface area (Å²) < 4.78 is 15.8. The lowest BCUT2D eigenvalue weighted by Crippen LogP contribution is -2.42. The summed E-state index contributed by atoms with van der Waals surface area (Å²) in [6.45, 7) is -0.545. The maximum atomic E-state index is 12.8. The second-order valence-corrected chi connectivity index (χ2v) is 7.39. The van der Waals surface area contributed by atoms with Crippen molar-refractivity contribution in [2.75, 3.05) is 17.3 Å². The molecule has 9 nitrogen and oxygen atoms in total. The van der Waals surface area contributed by atoms with Crippen molar-refractivity contribution >= 4 is 23.1 Å². The van der Waals surface area contributed by atoms with E-state index in [0.29, 0.717) is 28.4 Å². The van der Waals surface area contributed by atoms with Gasteiger partial charge < -0.3 is 16.4 Å². The molecular weight excluding hydrogens is 375 g/mol. The number of fused-ring (bicyclic) bond motifs is 1. The van der Waals surface area contributed by atoms with Crippen LogP contribution in [0.3, 0.4) is 0 Å². The topological polar surface area (TPSA) is 115 Å². The van der Waals surface area contributed by atoms with E-state index in [1.165, 1.54) is 6.20 Å². The number of nitrogens with zero attached hydrogens (tertiary/aromatic N) is 5. The first kappa shape index (κ1) is 19.3. The van der Waals surface area contributed by atoms with E-state index in [4.69, 9.17) is 5.73 Å². The molecule has 3 aromatic heterocycles. The summed E-state index contributed by atoms with van der Waals surface area (Å²) in [5, 5.41) is 14.6. The highest BCUT2D eigenvalue weighted by atomic mass is 19.1. The maximum absolute atomic E-state index is 12.8. The number of nitrogens with one attached hydrogen (secondary N) is 2. The zero-order chi connectivity index (χ0) is 20.4. The highest BCUT2D eigenvalue weighted by Gasteiger charge is 2.23. The Kier molecular flexibility index (Phi) is 5.43. The summed E-state index contributed by atoms with van der Waals surface area (Å²) in [6, 6.07) is 2.08. The van der Waals surface area contributed by atoms with Crippen LogP contribution in [0.1, 0.15) is 41.7 Å². The molecule has 4 N–H and O–H groups in total. The van der Waals surface area contributed by atoms with E-state index < -0.39 is 6.67 Å². The molecule has 154 valence electrons. The Morgan fingerprint density at radius 2 is 2.21 bits per heavy atom. The van der Waals surface area contributed by atoms with Crippen LogP contribution in [-0.2, 0) is 13.5 Å². The average molecular weight is 400 g/mol. The van der Waals surface area contributed by atoms with Gasteiger partial charge in [-0.25, -0.2) is 9.50 Å². The molecule has 1 saturated carbocycles. The van der Waals surface area contributed by atoms with Gasteiger partial charge in [0.25, 0.3) is 5.91 Å². The number of carbonyl (C=O) groups is 1. The highest BCUT2D eigenvalue weighted by molar-refractivity contribution is 6.08. The van der Waals surface area contributed by atoms with E-state index in [9.17, 15) is 9.18 Å². The first-order chi connectivity index (χ1) is 14.0. The molecule has 0 aliphatic heterocycles. The molecule has 0 radical (unpaired) electrons. The zero-order valence-corrected chi connectivity index (χ0v) is 16.3. The number of aryl methyl sites for hydroxylation is 2. The molecule has 0 spiro atoms. The molecule has 1 aliphatic carbocycles. The predicted octanol–water partition coefficient (Wildman–Crippen LogP) is 1.91. The molecule has 0 unspecified atom stereocenters. The Morgan fingerprint density at radius 3 is 3.00 bits per heavy atom. The van der Waals surface area contributed by atoms with Gasteiger partial charge in [-0.2, -0.15) is 10.2 Å². The minimum absolute atomic E-state index is 0.0916. The van der Waals surface area contributed by atoms with Gasteiger partial charge in [-0.05, 0) is 18.9 Å². The molecule has 3 aromatic rings. The number of aromatic nitrogens is 5. The van der Waals surface area contributed by atoms with E-state index >= 15 is 0 Å². The van der Waals surface area contributed by atoms with Gasteiger partial charge in [0.15, 0.2) is 5.65 Å². The lowest BCUT2D eigenvalue weighted by molar-refractivity contribution is 0.102. The van der Waals surface area contributed by atoms with Crippen LogP contribution in [0.5, 0.6) is 0 Å². The van der Waals surface area contributed by atoms with E-state index in [1.54, 1.807) is 28.6 Å². The standard InChI is InChI=1S/C19H25FN8O/c1-27-11-16(15(26-27)6-8-20)24-19(29)12-10-22-28-9-7-17(25-18(12)28)23-14-5-3-2-4-13(14)21/h7,9-11,13-14H,2-6,8,21H2,1H3,(H,23,25)(H,24,29)/t13-,14+/m0/s1. The molecule has 29 heavy (non-hydrogen) atoms. The summed E-state index contributed by atoms with van der Waals surface area (Å²) in [4.78, 5) is 17.4. The molecule has 2 atom stereocenters. The SMILES string of the molecule is Cn1cc(NC(=O)c2cnn3ccc(N[C@@H]4CCCC[C@@H]4N)nc23)c(CCF)n1. The summed E-state index contributed by atoms with van der Waals surface area (Å²) >= 11 is 0. The van der Waals surface area contributed by atoms with Crippen LogP contribution in [0, 0.1) is 0 Å². The molecule has 0 saturated heterocycles. The normalized spacial score (nSPS) is 19.4. The van der Waals surface area contributed by atoms with Crippen molar-refractivity contribution in [1.29, 1.82) is 0 Å². The predicted molar refractivity (Wildman–Crippen MR) is 108 cm³/mol. The van der Waals surface area contributed by atoms with Crippen molar-refractivity contribution in [3.05, 3.63) is 35.9 Å². The van der Waals surface area contributed by atoms with Gasteiger partial charge >= 0.3 is 0 Å². The lowest BCUT2D eigenvalue weighted by Gasteiger charge is -2.29. The van der Waals surface area contributed by atoms with Gasteiger partial charge in [-0.15, -0.1) is 0 Å². The molecular formula is C19H25FN8O. The first-order valence-corrected chi connectivity index (χ1v) is 9.81. The minimum Gasteiger partial charge on any atom is -0.366 e. The molecule has 3 heterocycles. The monoisotopic (exact) mass is 400 g/mol. The molecule has 1 aliphatic rings. The zero-order valence-electron chi connectivity index (χ0n) is 16.3. The number of rotatable bonds is 6. The van der Waals surface area contributed by atoms with Crippen molar-refractivity contribution in [2.45, 2.75) is 44.2 Å². The lowest BCUT2D eigenvalue weighted by atomic mass is 9.91. The third-order valence-electron chi connectivity index (χ3n) is 5.25. The largest absolute Gasteiger partial charge is 0.366 e. The molecule has 10 heteroatoms. The molecule has 0 bridgehead atoms. The summed E-state index contributed by atoms with van der Waals surface area (Å²) in [7, 11) is 1.72. The Balaban J connectivity index is 1.56. The van der Waals surface area contributed by atoms with Gasteiger partial charge in [-0.1, -0.05) is 12.8 Å². The van der Waals surface area contributed by atoms with E-state index in [-0.39, 0.29) is 24.4 Å². The second kappa shape index (κ2) is 8.16. The van der Waals surface area contributed by atoms with Gasteiger partial charge in [0, 0.05) is 37.9 Å². The number of amides is 1. The van der Waals surface area contributed by atoms with Crippen molar-refractivity contribution < 1.29 is 9.18 Å². The average Bonchev–Trinajstić information content (AvgIpc) is 3.27. The fraction of sp³-hybridized carbons (Fsp3) is 0.474. The van der Waals surface area contributed by atoms with Crippen molar-refractivity contribution in [3.63, 3.8) is 0 Å². The maximum Gasteiger partial charge on any atom is 0.261 e. The van der Waals surface area contributed by atoms with Crippen LogP contribution in [0.4, 0.5) is 15.9 Å². The van der Waals surface area contributed by atoms with Crippen LogP contribution in [0.25, 0.3) is 5.65 Å². The highest BCUT2D eigenvalue weighted by Crippen LogP contribution is 2.22. The number of carbonyl (C=O) groups excluding carboxylic acids is 1. The van der Waals surface area contributed by atoms with Crippen LogP contribution in [0.2, 0.25) is 0 Å². The Bertz CT molecular complexity index is 1010. The third kappa shape index (κ3) is 4.07. The Morgan fingerprint density at radius 1 is 1.38 bits per heavy atom. The number of hydrogen-bond donors (Lipinski definition) is 3. The smallest absolute Gasteiger partial charge is 0.261 e. The van der Waals surface area contributed by atoms with E-state index in [1.807, 2.05) is 6.07 Å². The van der Waals surface area contributed by atoms with Crippen molar-refractivity contribution in [2.24, 2.45) is 12.8 Å². The number of nitrogens with two attached hydrogens (primary N) is 1.